The van der Waals surface area contributed by atoms with E-state index < -0.39 is 28.5 Å². The van der Waals surface area contributed by atoms with Crippen molar-refractivity contribution in [2.75, 3.05) is 24.6 Å². The van der Waals surface area contributed by atoms with Crippen LogP contribution < -0.4 is 4.31 Å². The van der Waals surface area contributed by atoms with Crippen LogP contribution >= 0.6 is 0 Å². The average Bonchev–Trinajstić information content (AvgIpc) is 2.77. The van der Waals surface area contributed by atoms with Gasteiger partial charge in [-0.05, 0) is 54.4 Å². The van der Waals surface area contributed by atoms with Gasteiger partial charge in [0.2, 0.25) is 0 Å². The molecule has 7 nitrogen and oxygen atoms in total. The molecule has 3 aromatic carbocycles. The van der Waals surface area contributed by atoms with E-state index in [1.54, 1.807) is 38.1 Å². The number of esters is 2. The zero-order valence-electron chi connectivity index (χ0n) is 17.5. The van der Waals surface area contributed by atoms with Crippen LogP contribution in [0.3, 0.4) is 0 Å². The minimum Gasteiger partial charge on any atom is -0.465 e. The zero-order valence-corrected chi connectivity index (χ0v) is 18.3. The van der Waals surface area contributed by atoms with E-state index in [2.05, 4.69) is 0 Å². The van der Waals surface area contributed by atoms with Crippen LogP contribution in [-0.4, -0.2) is 40.6 Å². The molecule has 0 N–H and O–H groups in total. The number of rotatable bonds is 7. The molecule has 0 fully saturated rings. The summed E-state index contributed by atoms with van der Waals surface area (Å²) >= 11 is 0. The van der Waals surface area contributed by atoms with Crippen LogP contribution in [0.25, 0.3) is 10.8 Å². The molecular weight excluding hydrogens is 418 g/mol. The van der Waals surface area contributed by atoms with Gasteiger partial charge in [-0.25, -0.2) is 13.2 Å². The third-order valence-corrected chi connectivity index (χ3v) is 6.62. The molecule has 3 aromatic rings. The summed E-state index contributed by atoms with van der Waals surface area (Å²) in [5.41, 5.74) is 0.787. The number of sulfonamides is 1. The summed E-state index contributed by atoms with van der Waals surface area (Å²) in [7, 11) is -2.90. The number of hydrogen-bond acceptors (Lipinski definition) is 6. The van der Waals surface area contributed by atoms with Gasteiger partial charge in [0.05, 0.1) is 29.9 Å². The molecule has 0 amide bonds. The van der Waals surface area contributed by atoms with Gasteiger partial charge in [-0.3, -0.25) is 9.10 Å². The van der Waals surface area contributed by atoms with Gasteiger partial charge in [-0.2, -0.15) is 0 Å². The first kappa shape index (κ1) is 22.3. The van der Waals surface area contributed by atoms with Crippen molar-refractivity contribution in [3.8, 4) is 0 Å². The predicted octanol–water partition coefficient (Wildman–Crippen LogP) is 3.69. The molecule has 0 atom stereocenters. The first-order valence-electron chi connectivity index (χ1n) is 9.64. The molecule has 0 unspecified atom stereocenters. The molecule has 0 saturated heterocycles. The van der Waals surface area contributed by atoms with E-state index in [9.17, 15) is 18.0 Å². The van der Waals surface area contributed by atoms with Gasteiger partial charge in [0.25, 0.3) is 10.0 Å². The Balaban J connectivity index is 2.16. The Kier molecular flexibility index (Phi) is 6.60. The van der Waals surface area contributed by atoms with Crippen molar-refractivity contribution in [3.05, 3.63) is 71.8 Å². The van der Waals surface area contributed by atoms with Gasteiger partial charge in [0.1, 0.15) is 6.54 Å². The first-order valence-corrected chi connectivity index (χ1v) is 11.1. The Morgan fingerprint density at radius 3 is 2.35 bits per heavy atom. The summed E-state index contributed by atoms with van der Waals surface area (Å²) in [6.07, 6.45) is 0. The van der Waals surface area contributed by atoms with Gasteiger partial charge < -0.3 is 9.47 Å². The van der Waals surface area contributed by atoms with Crippen LogP contribution in [0.15, 0.2) is 65.6 Å². The van der Waals surface area contributed by atoms with Crippen LogP contribution in [-0.2, 0) is 24.3 Å². The fraction of sp³-hybridized carbons (Fsp3) is 0.217. The lowest BCUT2D eigenvalue weighted by Crippen LogP contribution is -2.37. The maximum absolute atomic E-state index is 13.6. The number of anilines is 1. The van der Waals surface area contributed by atoms with Crippen molar-refractivity contribution in [3.63, 3.8) is 0 Å². The van der Waals surface area contributed by atoms with E-state index in [4.69, 9.17) is 9.47 Å². The number of methoxy groups -OCH3 is 1. The van der Waals surface area contributed by atoms with Crippen LogP contribution in [0.1, 0.15) is 22.8 Å². The maximum atomic E-state index is 13.6. The third kappa shape index (κ3) is 4.54. The average molecular weight is 442 g/mol. The second-order valence-corrected chi connectivity index (χ2v) is 8.63. The van der Waals surface area contributed by atoms with E-state index in [1.165, 1.54) is 19.2 Å². The van der Waals surface area contributed by atoms with Crippen molar-refractivity contribution < 1.29 is 27.5 Å². The molecule has 0 radical (unpaired) electrons. The van der Waals surface area contributed by atoms with Gasteiger partial charge in [-0.1, -0.05) is 36.4 Å². The van der Waals surface area contributed by atoms with E-state index in [-0.39, 0.29) is 22.8 Å². The molecule has 0 aliphatic rings. The van der Waals surface area contributed by atoms with Crippen LogP contribution in [0, 0.1) is 6.92 Å². The van der Waals surface area contributed by atoms with Gasteiger partial charge in [0, 0.05) is 0 Å². The standard InChI is InChI=1S/C23H23NO6S/c1-4-30-22(25)15-24(21-11-7-10-20(16(21)2)23(26)29-3)31(27,28)19-13-12-17-8-5-6-9-18(17)14-19/h5-14H,4,15H2,1-3H3. The largest absolute Gasteiger partial charge is 0.465 e. The van der Waals surface area contributed by atoms with Gasteiger partial charge >= 0.3 is 11.9 Å². The Morgan fingerprint density at radius 2 is 1.68 bits per heavy atom. The lowest BCUT2D eigenvalue weighted by atomic mass is 10.1. The van der Waals surface area contributed by atoms with Crippen molar-refractivity contribution in [1.29, 1.82) is 0 Å². The molecule has 0 spiro atoms. The molecule has 162 valence electrons. The Labute approximate surface area is 181 Å². The van der Waals surface area contributed by atoms with Crippen molar-refractivity contribution in [2.24, 2.45) is 0 Å². The van der Waals surface area contributed by atoms with Crippen molar-refractivity contribution in [2.45, 2.75) is 18.7 Å². The van der Waals surface area contributed by atoms with Crippen molar-refractivity contribution >= 4 is 38.4 Å². The lowest BCUT2D eigenvalue weighted by molar-refractivity contribution is -0.141. The van der Waals surface area contributed by atoms with Crippen molar-refractivity contribution in [1.82, 2.24) is 0 Å². The quantitative estimate of drug-likeness (QED) is 0.520. The zero-order chi connectivity index (χ0) is 22.6. The summed E-state index contributed by atoms with van der Waals surface area (Å²) in [5, 5.41) is 1.64. The topological polar surface area (TPSA) is 90.0 Å². The highest BCUT2D eigenvalue weighted by molar-refractivity contribution is 7.92. The molecule has 0 aromatic heterocycles. The number of fused-ring (bicyclic) bond motifs is 1. The van der Waals surface area contributed by atoms with Gasteiger partial charge in [-0.15, -0.1) is 0 Å². The monoisotopic (exact) mass is 441 g/mol. The molecule has 0 heterocycles. The SMILES string of the molecule is CCOC(=O)CN(c1cccc(C(=O)OC)c1C)S(=O)(=O)c1ccc2ccccc2c1. The Hall–Kier alpha value is -3.39. The lowest BCUT2D eigenvalue weighted by Gasteiger charge is -2.26. The number of carbonyl (C=O) groups is 2. The van der Waals surface area contributed by atoms with E-state index in [1.807, 2.05) is 24.3 Å². The van der Waals surface area contributed by atoms with Gasteiger partial charge in [0.15, 0.2) is 0 Å². The number of carbonyl (C=O) groups excluding carboxylic acids is 2. The van der Waals surface area contributed by atoms with Crippen LogP contribution in [0.5, 0.6) is 0 Å². The molecular formula is C23H23NO6S. The van der Waals surface area contributed by atoms with Crippen LogP contribution in [0.4, 0.5) is 5.69 Å². The summed E-state index contributed by atoms with van der Waals surface area (Å²) in [5.74, 6) is -1.30. The second kappa shape index (κ2) is 9.18. The molecule has 0 bridgehead atoms. The fourth-order valence-electron chi connectivity index (χ4n) is 3.30. The molecule has 0 saturated carbocycles. The normalized spacial score (nSPS) is 11.2. The summed E-state index contributed by atoms with van der Waals surface area (Å²) in [6, 6.07) is 16.8. The summed E-state index contributed by atoms with van der Waals surface area (Å²) < 4.78 is 38.0. The molecule has 8 heteroatoms. The number of nitrogens with zero attached hydrogens (tertiary/aromatic N) is 1. The molecule has 3 rings (SSSR count). The number of hydrogen-bond donors (Lipinski definition) is 0. The maximum Gasteiger partial charge on any atom is 0.338 e. The minimum absolute atomic E-state index is 0.0263. The molecule has 31 heavy (non-hydrogen) atoms. The van der Waals surface area contributed by atoms with Crippen LogP contribution in [0.2, 0.25) is 0 Å². The summed E-state index contributed by atoms with van der Waals surface area (Å²) in [6.45, 7) is 2.83. The summed E-state index contributed by atoms with van der Waals surface area (Å²) in [4.78, 5) is 24.4. The van der Waals surface area contributed by atoms with E-state index >= 15 is 0 Å². The highest BCUT2D eigenvalue weighted by Gasteiger charge is 2.30. The minimum atomic E-state index is -4.15. The first-order chi connectivity index (χ1) is 14.8. The fourth-order valence-corrected chi connectivity index (χ4v) is 4.81. The second-order valence-electron chi connectivity index (χ2n) is 6.77. The molecule has 0 aliphatic carbocycles. The number of benzene rings is 3. The highest BCUT2D eigenvalue weighted by Crippen LogP contribution is 2.30. The van der Waals surface area contributed by atoms with E-state index in [0.717, 1.165) is 15.1 Å². The Bertz CT molecular complexity index is 1240. The highest BCUT2D eigenvalue weighted by atomic mass is 32.2. The third-order valence-electron chi connectivity index (χ3n) is 4.87. The number of ether oxygens (including phenoxy) is 2. The molecule has 0 aliphatic heterocycles. The Morgan fingerprint density at radius 1 is 0.968 bits per heavy atom. The van der Waals surface area contributed by atoms with E-state index in [0.29, 0.717) is 5.56 Å². The smallest absolute Gasteiger partial charge is 0.338 e. The predicted molar refractivity (Wildman–Crippen MR) is 118 cm³/mol.